The molecule has 33 heavy (non-hydrogen) atoms. The van der Waals surface area contributed by atoms with Gasteiger partial charge in [0, 0.05) is 23.7 Å². The van der Waals surface area contributed by atoms with Crippen molar-refractivity contribution in [1.82, 2.24) is 10.2 Å². The van der Waals surface area contributed by atoms with E-state index in [-0.39, 0.29) is 36.7 Å². The number of hydrogen-bond acceptors (Lipinski definition) is 4. The molecule has 1 heterocycles. The van der Waals surface area contributed by atoms with Crippen LogP contribution in [0.15, 0.2) is 42.5 Å². The number of ether oxygens (including phenoxy) is 1. The summed E-state index contributed by atoms with van der Waals surface area (Å²) in [4.78, 5) is 40.1. The number of unbranched alkanes of at least 4 members (excludes halogenated alkanes) is 1. The summed E-state index contributed by atoms with van der Waals surface area (Å²) in [6.07, 6.45) is 1.91. The minimum Gasteiger partial charge on any atom is -0.497 e. The number of likely N-dealkylation sites (tertiary alicyclic amines) is 1. The summed E-state index contributed by atoms with van der Waals surface area (Å²) in [6, 6.07) is 12.3. The maximum atomic E-state index is 13.1. The maximum absolute atomic E-state index is 13.1. The molecule has 2 atom stereocenters. The summed E-state index contributed by atoms with van der Waals surface area (Å²) in [5.41, 5.74) is 2.22. The van der Waals surface area contributed by atoms with Crippen LogP contribution in [0.25, 0.3) is 0 Å². The molecule has 1 aliphatic rings. The van der Waals surface area contributed by atoms with E-state index in [9.17, 15) is 14.4 Å². The van der Waals surface area contributed by atoms with E-state index >= 15 is 0 Å². The molecule has 0 spiro atoms. The largest absolute Gasteiger partial charge is 0.497 e. The highest BCUT2D eigenvalue weighted by Crippen LogP contribution is 2.39. The Morgan fingerprint density at radius 3 is 2.58 bits per heavy atom. The van der Waals surface area contributed by atoms with Crippen LogP contribution < -0.4 is 15.4 Å². The third kappa shape index (κ3) is 5.85. The molecule has 0 radical (unpaired) electrons. The Kier molecular flexibility index (Phi) is 8.33. The van der Waals surface area contributed by atoms with Gasteiger partial charge in [-0.25, -0.2) is 0 Å². The highest BCUT2D eigenvalue weighted by molar-refractivity contribution is 6.31. The molecule has 2 unspecified atom stereocenters. The number of methoxy groups -OCH3 is 1. The topological polar surface area (TPSA) is 87.7 Å². The number of nitrogens with zero attached hydrogens (tertiary/aromatic N) is 1. The van der Waals surface area contributed by atoms with Crippen LogP contribution in [-0.2, 0) is 14.4 Å². The molecule has 2 aromatic rings. The van der Waals surface area contributed by atoms with Gasteiger partial charge in [0.25, 0.3) is 0 Å². The number of anilines is 1. The van der Waals surface area contributed by atoms with Crippen molar-refractivity contribution in [3.05, 3.63) is 58.6 Å². The van der Waals surface area contributed by atoms with Crippen LogP contribution in [0.1, 0.15) is 43.4 Å². The van der Waals surface area contributed by atoms with Crippen molar-refractivity contribution in [1.29, 1.82) is 0 Å². The summed E-state index contributed by atoms with van der Waals surface area (Å²) in [5.74, 6) is -0.605. The van der Waals surface area contributed by atoms with Crippen LogP contribution in [0.5, 0.6) is 5.75 Å². The molecule has 176 valence electrons. The van der Waals surface area contributed by atoms with Gasteiger partial charge in [0.2, 0.25) is 17.7 Å². The number of rotatable bonds is 9. The first-order chi connectivity index (χ1) is 15.8. The van der Waals surface area contributed by atoms with Gasteiger partial charge in [-0.1, -0.05) is 43.1 Å². The Labute approximate surface area is 199 Å². The highest BCUT2D eigenvalue weighted by atomic mass is 35.5. The lowest BCUT2D eigenvalue weighted by molar-refractivity contribution is -0.129. The van der Waals surface area contributed by atoms with E-state index in [0.29, 0.717) is 23.0 Å². The lowest BCUT2D eigenvalue weighted by atomic mass is 9.92. The van der Waals surface area contributed by atoms with E-state index in [1.165, 1.54) is 0 Å². The molecule has 3 amide bonds. The zero-order valence-electron chi connectivity index (χ0n) is 19.2. The normalized spacial score (nSPS) is 17.7. The van der Waals surface area contributed by atoms with Crippen LogP contribution in [-0.4, -0.2) is 42.8 Å². The monoisotopic (exact) mass is 471 g/mol. The zero-order chi connectivity index (χ0) is 24.0. The van der Waals surface area contributed by atoms with Crippen molar-refractivity contribution in [2.24, 2.45) is 5.92 Å². The second kappa shape index (κ2) is 11.2. The number of halogens is 1. The fraction of sp³-hybridized carbons (Fsp3) is 0.400. The van der Waals surface area contributed by atoms with Gasteiger partial charge < -0.3 is 20.3 Å². The molecule has 0 aliphatic carbocycles. The highest BCUT2D eigenvalue weighted by Gasteiger charge is 2.44. The summed E-state index contributed by atoms with van der Waals surface area (Å²) in [6.45, 7) is 4.27. The molecule has 0 saturated carbocycles. The van der Waals surface area contributed by atoms with E-state index in [4.69, 9.17) is 16.3 Å². The minimum absolute atomic E-state index is 0.0524. The Morgan fingerprint density at radius 2 is 1.91 bits per heavy atom. The van der Waals surface area contributed by atoms with E-state index in [1.54, 1.807) is 30.2 Å². The number of amides is 3. The first-order valence-corrected chi connectivity index (χ1v) is 11.5. The fourth-order valence-corrected chi connectivity index (χ4v) is 4.24. The van der Waals surface area contributed by atoms with E-state index in [1.807, 2.05) is 31.2 Å². The summed E-state index contributed by atoms with van der Waals surface area (Å²) in [5, 5.41) is 6.03. The molecule has 1 fully saturated rings. The van der Waals surface area contributed by atoms with Crippen molar-refractivity contribution in [2.45, 2.75) is 39.2 Å². The van der Waals surface area contributed by atoms with Gasteiger partial charge in [0.1, 0.15) is 5.75 Å². The van der Waals surface area contributed by atoms with Crippen molar-refractivity contribution in [3.63, 3.8) is 0 Å². The number of nitrogens with one attached hydrogen (secondary N) is 2. The number of carbonyl (C=O) groups is 3. The van der Waals surface area contributed by atoms with Crippen LogP contribution in [0.3, 0.4) is 0 Å². The van der Waals surface area contributed by atoms with Crippen LogP contribution >= 0.6 is 11.6 Å². The lowest BCUT2D eigenvalue weighted by Gasteiger charge is -2.28. The fourth-order valence-electron chi connectivity index (χ4n) is 4.07. The summed E-state index contributed by atoms with van der Waals surface area (Å²) in [7, 11) is 1.59. The smallest absolute Gasteiger partial charge is 0.243 e. The van der Waals surface area contributed by atoms with Crippen molar-refractivity contribution >= 4 is 35.0 Å². The lowest BCUT2D eigenvalue weighted by Crippen LogP contribution is -2.39. The summed E-state index contributed by atoms with van der Waals surface area (Å²) < 4.78 is 5.24. The first kappa shape index (κ1) is 24.6. The molecule has 1 aliphatic heterocycles. The summed E-state index contributed by atoms with van der Waals surface area (Å²) >= 11 is 6.10. The third-order valence-corrected chi connectivity index (χ3v) is 6.35. The average Bonchev–Trinajstić information content (AvgIpc) is 3.15. The Balaban J connectivity index is 1.71. The van der Waals surface area contributed by atoms with E-state index < -0.39 is 5.92 Å². The van der Waals surface area contributed by atoms with Gasteiger partial charge in [0.15, 0.2) is 0 Å². The maximum Gasteiger partial charge on any atom is 0.243 e. The molecule has 0 aromatic heterocycles. The Bertz CT molecular complexity index is 1010. The average molecular weight is 472 g/mol. The quantitative estimate of drug-likeness (QED) is 0.576. The van der Waals surface area contributed by atoms with Gasteiger partial charge in [-0.2, -0.15) is 0 Å². The predicted octanol–water partition coefficient (Wildman–Crippen LogP) is 4.10. The van der Waals surface area contributed by atoms with Gasteiger partial charge in [-0.05, 0) is 48.7 Å². The first-order valence-electron chi connectivity index (χ1n) is 11.1. The molecule has 0 bridgehead atoms. The van der Waals surface area contributed by atoms with Gasteiger partial charge in [0.05, 0.1) is 25.6 Å². The van der Waals surface area contributed by atoms with Gasteiger partial charge in [-0.15, -0.1) is 0 Å². The zero-order valence-corrected chi connectivity index (χ0v) is 19.9. The number of benzene rings is 2. The van der Waals surface area contributed by atoms with Crippen molar-refractivity contribution < 1.29 is 19.1 Å². The molecule has 2 N–H and O–H groups in total. The van der Waals surface area contributed by atoms with E-state index in [0.717, 1.165) is 24.0 Å². The third-order valence-electron chi connectivity index (χ3n) is 5.94. The minimum atomic E-state index is -0.580. The van der Waals surface area contributed by atoms with Crippen LogP contribution in [0.2, 0.25) is 5.02 Å². The van der Waals surface area contributed by atoms with Crippen LogP contribution in [0.4, 0.5) is 5.69 Å². The standard InChI is InChI=1S/C25H30ClN3O4/c1-4-5-13-29-23(31)14-19(24(29)17-9-11-18(33-3)12-10-17)25(32)27-15-22(30)28-21-8-6-7-20(26)16(21)2/h6-12,19,24H,4-5,13-15H2,1-3H3,(H,27,32)(H,28,30). The van der Waals surface area contributed by atoms with Crippen molar-refractivity contribution in [2.75, 3.05) is 25.5 Å². The molecule has 3 rings (SSSR count). The SMILES string of the molecule is CCCCN1C(=O)CC(C(=O)NCC(=O)Nc2cccc(Cl)c2C)C1c1ccc(OC)cc1. The van der Waals surface area contributed by atoms with Crippen LogP contribution in [0, 0.1) is 12.8 Å². The predicted molar refractivity (Wildman–Crippen MR) is 128 cm³/mol. The number of carbonyl (C=O) groups excluding carboxylic acids is 3. The molecular formula is C25H30ClN3O4. The second-order valence-electron chi connectivity index (χ2n) is 8.15. The molecular weight excluding hydrogens is 442 g/mol. The van der Waals surface area contributed by atoms with Gasteiger partial charge >= 0.3 is 0 Å². The Morgan fingerprint density at radius 1 is 1.18 bits per heavy atom. The molecule has 1 saturated heterocycles. The Hall–Kier alpha value is -3.06. The number of hydrogen-bond donors (Lipinski definition) is 2. The second-order valence-corrected chi connectivity index (χ2v) is 8.55. The van der Waals surface area contributed by atoms with E-state index in [2.05, 4.69) is 17.6 Å². The molecule has 2 aromatic carbocycles. The van der Waals surface area contributed by atoms with Gasteiger partial charge in [-0.3, -0.25) is 14.4 Å². The molecule has 7 nitrogen and oxygen atoms in total. The molecule has 8 heteroatoms. The van der Waals surface area contributed by atoms with Crippen molar-refractivity contribution in [3.8, 4) is 5.75 Å².